The van der Waals surface area contributed by atoms with Crippen LogP contribution in [0, 0.1) is 12.7 Å². The van der Waals surface area contributed by atoms with E-state index in [0.29, 0.717) is 36.4 Å². The summed E-state index contributed by atoms with van der Waals surface area (Å²) in [5.41, 5.74) is 3.97. The average molecular weight is 447 g/mol. The molecule has 1 heterocycles. The molecule has 0 unspecified atom stereocenters. The highest BCUT2D eigenvalue weighted by Gasteiger charge is 2.44. The molecule has 170 valence electrons. The minimum absolute atomic E-state index is 0.151. The van der Waals surface area contributed by atoms with Gasteiger partial charge in [-0.15, -0.1) is 0 Å². The van der Waals surface area contributed by atoms with E-state index in [0.717, 1.165) is 11.1 Å². The Kier molecular flexibility index (Phi) is 6.84. The second-order valence-corrected chi connectivity index (χ2v) is 8.26. The molecule has 33 heavy (non-hydrogen) atoms. The first-order valence-electron chi connectivity index (χ1n) is 11.0. The van der Waals surface area contributed by atoms with Gasteiger partial charge in [-0.05, 0) is 41.8 Å². The van der Waals surface area contributed by atoms with Crippen LogP contribution in [0.2, 0.25) is 0 Å². The van der Waals surface area contributed by atoms with Gasteiger partial charge in [-0.25, -0.2) is 4.39 Å². The SMILES string of the molecule is COCCNC(=O)[C@H]1c2ccccc2C(=O)N(Cc2ccc(C)cc2)[C@H]1c1ccc(F)cc1. The van der Waals surface area contributed by atoms with Crippen LogP contribution in [0.4, 0.5) is 4.39 Å². The predicted molar refractivity (Wildman–Crippen MR) is 124 cm³/mol. The van der Waals surface area contributed by atoms with Crippen molar-refractivity contribution < 1.29 is 18.7 Å². The maximum absolute atomic E-state index is 13.7. The van der Waals surface area contributed by atoms with E-state index < -0.39 is 12.0 Å². The highest BCUT2D eigenvalue weighted by Crippen LogP contribution is 2.43. The molecule has 1 aliphatic rings. The quantitative estimate of drug-likeness (QED) is 0.548. The van der Waals surface area contributed by atoms with Crippen molar-refractivity contribution in [3.05, 3.63) is 106 Å². The molecule has 0 fully saturated rings. The largest absolute Gasteiger partial charge is 0.383 e. The number of hydrogen-bond acceptors (Lipinski definition) is 3. The molecule has 0 saturated carbocycles. The Morgan fingerprint density at radius 3 is 2.42 bits per heavy atom. The van der Waals surface area contributed by atoms with Gasteiger partial charge in [-0.1, -0.05) is 60.2 Å². The lowest BCUT2D eigenvalue weighted by Gasteiger charge is -2.42. The number of carbonyl (C=O) groups is 2. The van der Waals surface area contributed by atoms with E-state index in [9.17, 15) is 14.0 Å². The summed E-state index contributed by atoms with van der Waals surface area (Å²) < 4.78 is 18.8. The van der Waals surface area contributed by atoms with Crippen molar-refractivity contribution in [2.45, 2.75) is 25.4 Å². The maximum Gasteiger partial charge on any atom is 0.255 e. The van der Waals surface area contributed by atoms with Gasteiger partial charge in [-0.3, -0.25) is 9.59 Å². The zero-order valence-corrected chi connectivity index (χ0v) is 18.8. The Hall–Kier alpha value is -3.51. The number of aryl methyl sites for hydroxylation is 1. The van der Waals surface area contributed by atoms with Crippen LogP contribution in [0.5, 0.6) is 0 Å². The molecule has 0 bridgehead atoms. The van der Waals surface area contributed by atoms with E-state index in [1.165, 1.54) is 12.1 Å². The summed E-state index contributed by atoms with van der Waals surface area (Å²) in [6.45, 7) is 3.08. The second-order valence-electron chi connectivity index (χ2n) is 8.26. The molecular weight excluding hydrogens is 419 g/mol. The molecule has 0 spiro atoms. The van der Waals surface area contributed by atoms with Gasteiger partial charge in [0, 0.05) is 25.8 Å². The summed E-state index contributed by atoms with van der Waals surface area (Å²) in [5.74, 6) is -1.36. The molecule has 0 aliphatic carbocycles. The number of benzene rings is 3. The Balaban J connectivity index is 1.82. The molecule has 3 aromatic carbocycles. The normalized spacial score (nSPS) is 17.5. The zero-order chi connectivity index (χ0) is 23.4. The van der Waals surface area contributed by atoms with Crippen LogP contribution in [0.1, 0.15) is 44.6 Å². The van der Waals surface area contributed by atoms with Crippen LogP contribution in [-0.2, 0) is 16.1 Å². The number of carbonyl (C=O) groups excluding carboxylic acids is 2. The topological polar surface area (TPSA) is 58.6 Å². The third-order valence-electron chi connectivity index (χ3n) is 6.01. The number of ether oxygens (including phenoxy) is 1. The summed E-state index contributed by atoms with van der Waals surface area (Å²) in [4.78, 5) is 28.8. The summed E-state index contributed by atoms with van der Waals surface area (Å²) >= 11 is 0. The first-order valence-corrected chi connectivity index (χ1v) is 11.0. The minimum Gasteiger partial charge on any atom is -0.383 e. The molecule has 6 heteroatoms. The molecular formula is C27H27FN2O3. The van der Waals surface area contributed by atoms with Crippen LogP contribution in [0.25, 0.3) is 0 Å². The third-order valence-corrected chi connectivity index (χ3v) is 6.01. The van der Waals surface area contributed by atoms with Crippen LogP contribution in [0.15, 0.2) is 72.8 Å². The lowest BCUT2D eigenvalue weighted by Crippen LogP contribution is -2.47. The van der Waals surface area contributed by atoms with Gasteiger partial charge in [0.25, 0.3) is 5.91 Å². The molecule has 3 aromatic rings. The van der Waals surface area contributed by atoms with Crippen LogP contribution < -0.4 is 5.32 Å². The fourth-order valence-corrected chi connectivity index (χ4v) is 4.36. The van der Waals surface area contributed by atoms with Gasteiger partial charge in [0.05, 0.1) is 18.6 Å². The van der Waals surface area contributed by atoms with E-state index in [1.807, 2.05) is 43.3 Å². The highest BCUT2D eigenvalue weighted by molar-refractivity contribution is 6.01. The summed E-state index contributed by atoms with van der Waals surface area (Å²) in [6, 6.07) is 20.6. The van der Waals surface area contributed by atoms with Crippen molar-refractivity contribution in [2.75, 3.05) is 20.3 Å². The highest BCUT2D eigenvalue weighted by atomic mass is 19.1. The number of amides is 2. The lowest BCUT2D eigenvalue weighted by molar-refractivity contribution is -0.124. The van der Waals surface area contributed by atoms with Crippen molar-refractivity contribution >= 4 is 11.8 Å². The van der Waals surface area contributed by atoms with Crippen molar-refractivity contribution in [3.63, 3.8) is 0 Å². The molecule has 4 rings (SSSR count). The van der Waals surface area contributed by atoms with Crippen LogP contribution in [-0.4, -0.2) is 37.0 Å². The van der Waals surface area contributed by atoms with Gasteiger partial charge in [0.15, 0.2) is 0 Å². The molecule has 0 saturated heterocycles. The van der Waals surface area contributed by atoms with Crippen molar-refractivity contribution in [1.82, 2.24) is 10.2 Å². The maximum atomic E-state index is 13.7. The fraction of sp³-hybridized carbons (Fsp3) is 0.259. The van der Waals surface area contributed by atoms with Gasteiger partial charge >= 0.3 is 0 Å². The molecule has 1 aliphatic heterocycles. The zero-order valence-electron chi connectivity index (χ0n) is 18.8. The number of hydrogen-bond donors (Lipinski definition) is 1. The summed E-state index contributed by atoms with van der Waals surface area (Å²) in [5, 5.41) is 2.94. The first kappa shape index (κ1) is 22.7. The predicted octanol–water partition coefficient (Wildman–Crippen LogP) is 4.38. The smallest absolute Gasteiger partial charge is 0.255 e. The van der Waals surface area contributed by atoms with E-state index in [2.05, 4.69) is 5.32 Å². The summed E-state index contributed by atoms with van der Waals surface area (Å²) in [6.07, 6.45) is 0. The standard InChI is InChI=1S/C27H27FN2O3/c1-18-7-9-19(10-8-18)17-30-25(20-11-13-21(28)14-12-20)24(26(31)29-15-16-33-2)22-5-3-4-6-23(22)27(30)32/h3-14,24-25H,15-17H2,1-2H3,(H,29,31)/t24-,25-/m0/s1. The summed E-state index contributed by atoms with van der Waals surface area (Å²) in [7, 11) is 1.57. The Labute approximate surface area is 193 Å². The Morgan fingerprint density at radius 2 is 1.73 bits per heavy atom. The lowest BCUT2D eigenvalue weighted by atomic mass is 9.79. The monoisotopic (exact) mass is 446 g/mol. The Bertz CT molecular complexity index is 1130. The molecule has 1 N–H and O–H groups in total. The van der Waals surface area contributed by atoms with Crippen molar-refractivity contribution in [2.24, 2.45) is 0 Å². The Morgan fingerprint density at radius 1 is 1.03 bits per heavy atom. The van der Waals surface area contributed by atoms with Crippen molar-refractivity contribution in [3.8, 4) is 0 Å². The first-order chi connectivity index (χ1) is 16.0. The number of halogens is 1. The van der Waals surface area contributed by atoms with Crippen LogP contribution in [0.3, 0.4) is 0 Å². The number of methoxy groups -OCH3 is 1. The van der Waals surface area contributed by atoms with E-state index in [1.54, 1.807) is 36.3 Å². The van der Waals surface area contributed by atoms with E-state index >= 15 is 0 Å². The number of fused-ring (bicyclic) bond motifs is 1. The minimum atomic E-state index is -0.647. The van der Waals surface area contributed by atoms with Crippen LogP contribution >= 0.6 is 0 Å². The van der Waals surface area contributed by atoms with Gasteiger partial charge in [0.1, 0.15) is 5.82 Å². The average Bonchev–Trinajstić information content (AvgIpc) is 2.82. The number of rotatable bonds is 7. The van der Waals surface area contributed by atoms with E-state index in [-0.39, 0.29) is 17.6 Å². The van der Waals surface area contributed by atoms with Gasteiger partial charge in [0.2, 0.25) is 5.91 Å². The molecule has 0 radical (unpaired) electrons. The molecule has 5 nitrogen and oxygen atoms in total. The fourth-order valence-electron chi connectivity index (χ4n) is 4.36. The number of nitrogens with one attached hydrogen (secondary N) is 1. The second kappa shape index (κ2) is 9.96. The van der Waals surface area contributed by atoms with Crippen molar-refractivity contribution in [1.29, 1.82) is 0 Å². The number of nitrogens with zero attached hydrogens (tertiary/aromatic N) is 1. The van der Waals surface area contributed by atoms with Gasteiger partial charge < -0.3 is 15.0 Å². The molecule has 2 amide bonds. The molecule has 2 atom stereocenters. The van der Waals surface area contributed by atoms with E-state index in [4.69, 9.17) is 4.74 Å². The van der Waals surface area contributed by atoms with Gasteiger partial charge in [-0.2, -0.15) is 0 Å². The molecule has 0 aromatic heterocycles. The third kappa shape index (κ3) is 4.81.